The number of benzene rings is 1. The predicted molar refractivity (Wildman–Crippen MR) is 63.0 cm³/mol. The monoisotopic (exact) mass is 205 g/mol. The van der Waals surface area contributed by atoms with Crippen LogP contribution < -0.4 is 5.32 Å². The van der Waals surface area contributed by atoms with E-state index >= 15 is 0 Å². The van der Waals surface area contributed by atoms with E-state index < -0.39 is 0 Å². The molecule has 2 heteroatoms. The van der Waals surface area contributed by atoms with Crippen molar-refractivity contribution < 1.29 is 4.79 Å². The molecule has 0 saturated carbocycles. The summed E-state index contributed by atoms with van der Waals surface area (Å²) in [6.07, 6.45) is 0. The van der Waals surface area contributed by atoms with Crippen molar-refractivity contribution in [1.29, 1.82) is 0 Å². The maximum Gasteiger partial charge on any atom is 0.147 e. The number of carbonyl (C=O) groups is 1. The van der Waals surface area contributed by atoms with Gasteiger partial charge in [-0.05, 0) is 19.5 Å². The van der Waals surface area contributed by atoms with Crippen LogP contribution in [0.2, 0.25) is 0 Å². The van der Waals surface area contributed by atoms with Gasteiger partial charge in [0.2, 0.25) is 0 Å². The van der Waals surface area contributed by atoms with Gasteiger partial charge in [-0.15, -0.1) is 0 Å². The van der Waals surface area contributed by atoms with Gasteiger partial charge in [0.1, 0.15) is 5.78 Å². The van der Waals surface area contributed by atoms with Gasteiger partial charge in [-0.2, -0.15) is 0 Å². The molecule has 1 aromatic rings. The van der Waals surface area contributed by atoms with Crippen molar-refractivity contribution in [2.24, 2.45) is 0 Å². The first kappa shape index (κ1) is 11.9. The zero-order valence-electron chi connectivity index (χ0n) is 9.87. The van der Waals surface area contributed by atoms with E-state index in [-0.39, 0.29) is 17.2 Å². The third-order valence-corrected chi connectivity index (χ3v) is 2.93. The van der Waals surface area contributed by atoms with Crippen molar-refractivity contribution in [3.63, 3.8) is 0 Å². The molecule has 1 aromatic carbocycles. The standard InChI is InChI=1S/C13H19NO/c1-10(15)12(14-4)13(2,3)11-8-6-5-7-9-11/h5-9,12,14H,1-4H3/t12-/m1/s1. The minimum Gasteiger partial charge on any atom is -0.310 e. The normalized spacial score (nSPS) is 13.6. The number of nitrogens with one attached hydrogen (secondary N) is 1. The maximum atomic E-state index is 11.5. The molecular weight excluding hydrogens is 186 g/mol. The van der Waals surface area contributed by atoms with Crippen molar-refractivity contribution in [3.8, 4) is 0 Å². The van der Waals surface area contributed by atoms with E-state index in [9.17, 15) is 4.79 Å². The molecule has 0 saturated heterocycles. The Morgan fingerprint density at radius 2 is 1.80 bits per heavy atom. The minimum absolute atomic E-state index is 0.139. The van der Waals surface area contributed by atoms with Gasteiger partial charge < -0.3 is 5.32 Å². The largest absolute Gasteiger partial charge is 0.310 e. The Balaban J connectivity index is 3.05. The lowest BCUT2D eigenvalue weighted by molar-refractivity contribution is -0.120. The van der Waals surface area contributed by atoms with E-state index in [4.69, 9.17) is 0 Å². The summed E-state index contributed by atoms with van der Waals surface area (Å²) < 4.78 is 0. The van der Waals surface area contributed by atoms with Gasteiger partial charge >= 0.3 is 0 Å². The average Bonchev–Trinajstić information content (AvgIpc) is 2.19. The fourth-order valence-electron chi connectivity index (χ4n) is 2.11. The second kappa shape index (κ2) is 4.58. The van der Waals surface area contributed by atoms with Crippen LogP contribution >= 0.6 is 0 Å². The first-order chi connectivity index (χ1) is 7.00. The first-order valence-corrected chi connectivity index (χ1v) is 5.23. The number of Topliss-reactive ketones (excluding diaryl/α,β-unsaturated/α-hetero) is 1. The van der Waals surface area contributed by atoms with E-state index in [1.54, 1.807) is 6.92 Å². The number of ketones is 1. The van der Waals surface area contributed by atoms with Crippen LogP contribution in [0.4, 0.5) is 0 Å². The summed E-state index contributed by atoms with van der Waals surface area (Å²) in [7, 11) is 1.83. The molecule has 0 aliphatic carbocycles. The molecule has 1 N–H and O–H groups in total. The van der Waals surface area contributed by atoms with Crippen LogP contribution in [-0.4, -0.2) is 18.9 Å². The van der Waals surface area contributed by atoms with Crippen LogP contribution in [0.5, 0.6) is 0 Å². The first-order valence-electron chi connectivity index (χ1n) is 5.23. The van der Waals surface area contributed by atoms with Crippen LogP contribution in [-0.2, 0) is 10.2 Å². The van der Waals surface area contributed by atoms with Crippen LogP contribution in [0.3, 0.4) is 0 Å². The highest BCUT2D eigenvalue weighted by molar-refractivity contribution is 5.83. The molecule has 0 aliphatic heterocycles. The van der Waals surface area contributed by atoms with Gasteiger partial charge in [-0.25, -0.2) is 0 Å². The van der Waals surface area contributed by atoms with Crippen molar-refractivity contribution in [2.45, 2.75) is 32.2 Å². The Kier molecular flexibility index (Phi) is 3.64. The molecular formula is C13H19NO. The summed E-state index contributed by atoms with van der Waals surface area (Å²) in [5, 5.41) is 3.09. The Bertz CT molecular complexity index is 330. The molecule has 0 aromatic heterocycles. The SMILES string of the molecule is CN[C@H](C(C)=O)C(C)(C)c1ccccc1. The number of likely N-dealkylation sites (N-methyl/N-ethyl adjacent to an activating group) is 1. The molecule has 1 atom stereocenters. The van der Waals surface area contributed by atoms with E-state index in [2.05, 4.69) is 31.3 Å². The lowest BCUT2D eigenvalue weighted by Crippen LogP contribution is -2.47. The summed E-state index contributed by atoms with van der Waals surface area (Å²) in [5.41, 5.74) is 1.00. The molecule has 15 heavy (non-hydrogen) atoms. The molecule has 0 spiro atoms. The molecule has 82 valence electrons. The Morgan fingerprint density at radius 1 is 1.27 bits per heavy atom. The second-order valence-corrected chi connectivity index (χ2v) is 4.42. The van der Waals surface area contributed by atoms with Crippen LogP contribution in [0.25, 0.3) is 0 Å². The molecule has 2 nitrogen and oxygen atoms in total. The molecule has 0 amide bonds. The predicted octanol–water partition coefficient (Wildman–Crippen LogP) is 2.14. The number of rotatable bonds is 4. The van der Waals surface area contributed by atoms with E-state index in [1.807, 2.05) is 25.2 Å². The third-order valence-electron chi connectivity index (χ3n) is 2.93. The van der Waals surface area contributed by atoms with Gasteiger partial charge in [0.15, 0.2) is 0 Å². The molecule has 0 bridgehead atoms. The van der Waals surface area contributed by atoms with Gasteiger partial charge in [0.25, 0.3) is 0 Å². The summed E-state index contributed by atoms with van der Waals surface area (Å²) in [5.74, 6) is 0.173. The van der Waals surface area contributed by atoms with Gasteiger partial charge in [-0.3, -0.25) is 4.79 Å². The van der Waals surface area contributed by atoms with E-state index in [0.717, 1.165) is 0 Å². The highest BCUT2D eigenvalue weighted by Gasteiger charge is 2.33. The number of carbonyl (C=O) groups excluding carboxylic acids is 1. The van der Waals surface area contributed by atoms with E-state index in [1.165, 1.54) is 5.56 Å². The smallest absolute Gasteiger partial charge is 0.147 e. The quantitative estimate of drug-likeness (QED) is 0.816. The summed E-state index contributed by atoms with van der Waals surface area (Å²) in [6.45, 7) is 5.81. The molecule has 0 heterocycles. The lowest BCUT2D eigenvalue weighted by Gasteiger charge is -2.33. The maximum absolute atomic E-state index is 11.5. The van der Waals surface area contributed by atoms with Gasteiger partial charge in [0, 0.05) is 5.41 Å². The average molecular weight is 205 g/mol. The fourth-order valence-corrected chi connectivity index (χ4v) is 2.11. The topological polar surface area (TPSA) is 29.1 Å². The molecule has 0 aliphatic rings. The van der Waals surface area contributed by atoms with Crippen molar-refractivity contribution in [1.82, 2.24) is 5.32 Å². The highest BCUT2D eigenvalue weighted by Crippen LogP contribution is 2.27. The molecule has 0 unspecified atom stereocenters. The van der Waals surface area contributed by atoms with Crippen LogP contribution in [0.1, 0.15) is 26.3 Å². The van der Waals surface area contributed by atoms with Crippen molar-refractivity contribution in [3.05, 3.63) is 35.9 Å². The molecule has 0 radical (unpaired) electrons. The van der Waals surface area contributed by atoms with Gasteiger partial charge in [0.05, 0.1) is 6.04 Å². The third kappa shape index (κ3) is 2.45. The summed E-state index contributed by atoms with van der Waals surface area (Å²) in [6, 6.07) is 9.98. The summed E-state index contributed by atoms with van der Waals surface area (Å²) in [4.78, 5) is 11.5. The van der Waals surface area contributed by atoms with E-state index in [0.29, 0.717) is 0 Å². The number of hydrogen-bond donors (Lipinski definition) is 1. The zero-order valence-corrected chi connectivity index (χ0v) is 9.87. The molecule has 0 fully saturated rings. The van der Waals surface area contributed by atoms with Gasteiger partial charge in [-0.1, -0.05) is 44.2 Å². The Hall–Kier alpha value is -1.15. The van der Waals surface area contributed by atoms with Crippen LogP contribution in [0, 0.1) is 0 Å². The fraction of sp³-hybridized carbons (Fsp3) is 0.462. The zero-order chi connectivity index (χ0) is 11.5. The lowest BCUT2D eigenvalue weighted by atomic mass is 9.76. The minimum atomic E-state index is -0.179. The highest BCUT2D eigenvalue weighted by atomic mass is 16.1. The van der Waals surface area contributed by atoms with Crippen molar-refractivity contribution in [2.75, 3.05) is 7.05 Å². The Morgan fingerprint density at radius 3 is 2.20 bits per heavy atom. The Labute approximate surface area is 91.7 Å². The second-order valence-electron chi connectivity index (χ2n) is 4.42. The van der Waals surface area contributed by atoms with Crippen LogP contribution in [0.15, 0.2) is 30.3 Å². The van der Waals surface area contributed by atoms with Crippen molar-refractivity contribution >= 4 is 5.78 Å². The molecule has 1 rings (SSSR count). The summed E-state index contributed by atoms with van der Waals surface area (Å²) >= 11 is 0. The number of hydrogen-bond acceptors (Lipinski definition) is 2.